The molecule has 2 N–H and O–H groups in total. The fourth-order valence-electron chi connectivity index (χ4n) is 1.86. The molecular weight excluding hydrogens is 280 g/mol. The molecule has 0 saturated heterocycles. The second-order valence-corrected chi connectivity index (χ2v) is 4.75. The highest BCUT2D eigenvalue weighted by Gasteiger charge is 2.02. The number of hydrazone groups is 1. The highest BCUT2D eigenvalue weighted by atomic mass is 16.5. The zero-order valence-electron chi connectivity index (χ0n) is 12.4. The molecular formula is C16H16N4O2. The topological polar surface area (TPSA) is 90.3 Å². The number of hydrogen-bond donors (Lipinski definition) is 2. The van der Waals surface area contributed by atoms with Gasteiger partial charge >= 0.3 is 0 Å². The van der Waals surface area contributed by atoms with Crippen molar-refractivity contribution in [3.63, 3.8) is 0 Å². The van der Waals surface area contributed by atoms with Crippen molar-refractivity contribution in [2.75, 3.05) is 6.61 Å². The van der Waals surface area contributed by atoms with Gasteiger partial charge < -0.3 is 9.72 Å². The van der Waals surface area contributed by atoms with Gasteiger partial charge in [-0.1, -0.05) is 0 Å². The Labute approximate surface area is 128 Å². The number of nitrogens with zero attached hydrogens (tertiary/aromatic N) is 2. The van der Waals surface area contributed by atoms with Crippen molar-refractivity contribution in [1.82, 2.24) is 10.4 Å². The predicted molar refractivity (Wildman–Crippen MR) is 82.7 cm³/mol. The Hall–Kier alpha value is -3.07. The van der Waals surface area contributed by atoms with Crippen LogP contribution in [0.4, 0.5) is 0 Å². The van der Waals surface area contributed by atoms with Crippen molar-refractivity contribution in [2.45, 2.75) is 13.8 Å². The van der Waals surface area contributed by atoms with Gasteiger partial charge in [-0.05, 0) is 44.2 Å². The summed E-state index contributed by atoms with van der Waals surface area (Å²) in [5.41, 5.74) is 5.89. The summed E-state index contributed by atoms with van der Waals surface area (Å²) in [7, 11) is 0. The number of carbonyl (C=O) groups is 1. The molecule has 0 unspecified atom stereocenters. The Morgan fingerprint density at radius 3 is 2.73 bits per heavy atom. The minimum absolute atomic E-state index is 0.144. The van der Waals surface area contributed by atoms with Gasteiger partial charge in [-0.2, -0.15) is 10.4 Å². The van der Waals surface area contributed by atoms with Gasteiger partial charge in [0.2, 0.25) is 0 Å². The van der Waals surface area contributed by atoms with E-state index < -0.39 is 0 Å². The SMILES string of the molecule is Cc1cc(/C=N/NC(=O)COc2ccc(C#N)cc2)c(C)[nH]1. The Morgan fingerprint density at radius 1 is 1.41 bits per heavy atom. The molecule has 0 aliphatic rings. The molecule has 6 heteroatoms. The molecule has 0 radical (unpaired) electrons. The molecule has 1 heterocycles. The number of carbonyl (C=O) groups excluding carboxylic acids is 1. The second-order valence-electron chi connectivity index (χ2n) is 4.75. The van der Waals surface area contributed by atoms with Crippen LogP contribution >= 0.6 is 0 Å². The van der Waals surface area contributed by atoms with Gasteiger partial charge in [0.1, 0.15) is 5.75 Å². The third-order valence-electron chi connectivity index (χ3n) is 2.94. The summed E-state index contributed by atoms with van der Waals surface area (Å²) in [6.45, 7) is 3.74. The monoisotopic (exact) mass is 296 g/mol. The number of H-pyrrole nitrogens is 1. The molecule has 0 spiro atoms. The lowest BCUT2D eigenvalue weighted by atomic mass is 10.2. The maximum Gasteiger partial charge on any atom is 0.277 e. The van der Waals surface area contributed by atoms with E-state index in [1.807, 2.05) is 26.0 Å². The Bertz CT molecular complexity index is 724. The zero-order valence-corrected chi connectivity index (χ0v) is 12.4. The van der Waals surface area contributed by atoms with Crippen LogP contribution in [0.5, 0.6) is 5.75 Å². The second kappa shape index (κ2) is 7.09. The van der Waals surface area contributed by atoms with Crippen molar-refractivity contribution >= 4 is 12.1 Å². The quantitative estimate of drug-likeness (QED) is 0.653. The van der Waals surface area contributed by atoms with Crippen LogP contribution in [0, 0.1) is 25.2 Å². The lowest BCUT2D eigenvalue weighted by Crippen LogP contribution is -2.24. The van der Waals surface area contributed by atoms with Crippen LogP contribution in [0.15, 0.2) is 35.4 Å². The number of aromatic nitrogens is 1. The van der Waals surface area contributed by atoms with Crippen LogP contribution in [-0.4, -0.2) is 23.7 Å². The highest BCUT2D eigenvalue weighted by Crippen LogP contribution is 2.11. The van der Waals surface area contributed by atoms with Crippen molar-refractivity contribution in [3.05, 3.63) is 52.8 Å². The molecule has 0 atom stereocenters. The van der Waals surface area contributed by atoms with Crippen LogP contribution in [0.1, 0.15) is 22.5 Å². The van der Waals surface area contributed by atoms with Gasteiger partial charge in [0.05, 0.1) is 17.8 Å². The number of ether oxygens (including phenoxy) is 1. The maximum atomic E-state index is 11.6. The number of amides is 1. The average molecular weight is 296 g/mol. The molecule has 1 aromatic carbocycles. The molecule has 112 valence electrons. The minimum Gasteiger partial charge on any atom is -0.484 e. The molecule has 6 nitrogen and oxygen atoms in total. The first-order chi connectivity index (χ1) is 10.6. The van der Waals surface area contributed by atoms with Gasteiger partial charge in [-0.25, -0.2) is 5.43 Å². The van der Waals surface area contributed by atoms with E-state index in [4.69, 9.17) is 10.00 Å². The summed E-state index contributed by atoms with van der Waals surface area (Å²) >= 11 is 0. The van der Waals surface area contributed by atoms with Crippen molar-refractivity contribution in [1.29, 1.82) is 5.26 Å². The summed E-state index contributed by atoms with van der Waals surface area (Å²) in [5.74, 6) is 0.167. The normalized spacial score (nSPS) is 10.4. The van der Waals surface area contributed by atoms with Gasteiger partial charge in [0, 0.05) is 17.0 Å². The molecule has 1 aromatic heterocycles. The largest absolute Gasteiger partial charge is 0.484 e. The molecule has 0 bridgehead atoms. The van der Waals surface area contributed by atoms with E-state index in [0.717, 1.165) is 17.0 Å². The van der Waals surface area contributed by atoms with Crippen LogP contribution in [0.3, 0.4) is 0 Å². The Kier molecular flexibility index (Phi) is 4.94. The van der Waals surface area contributed by atoms with Crippen molar-refractivity contribution < 1.29 is 9.53 Å². The van der Waals surface area contributed by atoms with Crippen LogP contribution in [-0.2, 0) is 4.79 Å². The molecule has 1 amide bonds. The number of aryl methyl sites for hydroxylation is 2. The first-order valence-corrected chi connectivity index (χ1v) is 6.69. The summed E-state index contributed by atoms with van der Waals surface area (Å²) in [4.78, 5) is 14.8. The van der Waals surface area contributed by atoms with Crippen LogP contribution < -0.4 is 10.2 Å². The molecule has 0 fully saturated rings. The minimum atomic E-state index is -0.356. The number of nitriles is 1. The van der Waals surface area contributed by atoms with E-state index in [2.05, 4.69) is 15.5 Å². The Balaban J connectivity index is 1.80. The molecule has 0 aliphatic carbocycles. The maximum absolute atomic E-state index is 11.6. The average Bonchev–Trinajstić information content (AvgIpc) is 2.83. The van der Waals surface area contributed by atoms with Gasteiger partial charge in [-0.3, -0.25) is 4.79 Å². The standard InChI is InChI=1S/C16H16N4O2/c1-11-7-14(12(2)19-11)9-18-20-16(21)10-22-15-5-3-13(8-17)4-6-15/h3-7,9,19H,10H2,1-2H3,(H,20,21)/b18-9+. The molecule has 0 saturated carbocycles. The first-order valence-electron chi connectivity index (χ1n) is 6.69. The molecule has 2 rings (SSSR count). The van der Waals surface area contributed by atoms with E-state index in [1.165, 1.54) is 0 Å². The van der Waals surface area contributed by atoms with E-state index in [-0.39, 0.29) is 12.5 Å². The Morgan fingerprint density at radius 2 is 2.14 bits per heavy atom. The third kappa shape index (κ3) is 4.21. The molecule has 22 heavy (non-hydrogen) atoms. The zero-order chi connectivity index (χ0) is 15.9. The molecule has 2 aromatic rings. The summed E-state index contributed by atoms with van der Waals surface area (Å²) in [5, 5.41) is 12.6. The fraction of sp³-hybridized carbons (Fsp3) is 0.188. The van der Waals surface area contributed by atoms with Gasteiger partial charge in [-0.15, -0.1) is 0 Å². The summed E-state index contributed by atoms with van der Waals surface area (Å²) < 4.78 is 5.30. The van der Waals surface area contributed by atoms with Crippen LogP contribution in [0.2, 0.25) is 0 Å². The lowest BCUT2D eigenvalue weighted by molar-refractivity contribution is -0.123. The number of hydrogen-bond acceptors (Lipinski definition) is 4. The van der Waals surface area contributed by atoms with Gasteiger partial charge in [0.25, 0.3) is 5.91 Å². The van der Waals surface area contributed by atoms with E-state index in [1.54, 1.807) is 30.5 Å². The highest BCUT2D eigenvalue weighted by molar-refractivity contribution is 5.84. The fourth-order valence-corrected chi connectivity index (χ4v) is 1.86. The van der Waals surface area contributed by atoms with E-state index >= 15 is 0 Å². The van der Waals surface area contributed by atoms with E-state index in [9.17, 15) is 4.79 Å². The van der Waals surface area contributed by atoms with Gasteiger partial charge in [0.15, 0.2) is 6.61 Å². The first kappa shape index (κ1) is 15.3. The summed E-state index contributed by atoms with van der Waals surface area (Å²) in [6.07, 6.45) is 1.58. The smallest absolute Gasteiger partial charge is 0.277 e. The number of nitrogens with one attached hydrogen (secondary N) is 2. The number of benzene rings is 1. The lowest BCUT2D eigenvalue weighted by Gasteiger charge is -2.04. The third-order valence-corrected chi connectivity index (χ3v) is 2.94. The van der Waals surface area contributed by atoms with Crippen LogP contribution in [0.25, 0.3) is 0 Å². The number of rotatable bonds is 5. The predicted octanol–water partition coefficient (Wildman–Crippen LogP) is 2.03. The van der Waals surface area contributed by atoms with Crippen molar-refractivity contribution in [3.8, 4) is 11.8 Å². The van der Waals surface area contributed by atoms with E-state index in [0.29, 0.717) is 11.3 Å². The number of aromatic amines is 1. The van der Waals surface area contributed by atoms with Crippen molar-refractivity contribution in [2.24, 2.45) is 5.10 Å². The summed E-state index contributed by atoms with van der Waals surface area (Å²) in [6, 6.07) is 10.5. The molecule has 0 aliphatic heterocycles.